The number of rotatable bonds is 4. The van der Waals surface area contributed by atoms with Crippen molar-refractivity contribution < 1.29 is 0 Å². The summed E-state index contributed by atoms with van der Waals surface area (Å²) >= 11 is 0. The predicted octanol–water partition coefficient (Wildman–Crippen LogP) is 8.66. The molecule has 1 atom stereocenters. The smallest absolute Gasteiger partial charge is 0.0494 e. The Morgan fingerprint density at radius 3 is 1.91 bits per heavy atom. The third-order valence-electron chi connectivity index (χ3n) is 7.07. The molecular formula is C31H27N. The molecule has 1 unspecified atom stereocenters. The fraction of sp³-hybridized carbons (Fsp3) is 0.161. The van der Waals surface area contributed by atoms with E-state index in [0.29, 0.717) is 6.04 Å². The average Bonchev–Trinajstić information content (AvgIpc) is 3.17. The lowest BCUT2D eigenvalue weighted by Gasteiger charge is -2.15. The summed E-state index contributed by atoms with van der Waals surface area (Å²) < 4.78 is 2.52. The molecule has 0 aliphatic rings. The van der Waals surface area contributed by atoms with Crippen molar-refractivity contribution in [1.82, 2.24) is 4.57 Å². The molecule has 0 aliphatic heterocycles. The van der Waals surface area contributed by atoms with Gasteiger partial charge in [0.05, 0.1) is 0 Å². The molecule has 0 spiro atoms. The third-order valence-corrected chi connectivity index (χ3v) is 7.07. The first-order valence-corrected chi connectivity index (χ1v) is 11.7. The van der Waals surface area contributed by atoms with E-state index in [9.17, 15) is 0 Å². The Hall–Kier alpha value is -3.58. The van der Waals surface area contributed by atoms with Crippen molar-refractivity contribution >= 4 is 43.4 Å². The summed E-state index contributed by atoms with van der Waals surface area (Å²) in [6.45, 7) is 4.59. The van der Waals surface area contributed by atoms with E-state index in [-0.39, 0.29) is 0 Å². The van der Waals surface area contributed by atoms with Gasteiger partial charge in [0.2, 0.25) is 0 Å². The molecule has 6 rings (SSSR count). The van der Waals surface area contributed by atoms with Gasteiger partial charge < -0.3 is 4.57 Å². The molecule has 0 radical (unpaired) electrons. The van der Waals surface area contributed by atoms with E-state index >= 15 is 0 Å². The van der Waals surface area contributed by atoms with Crippen LogP contribution in [-0.2, 0) is 6.42 Å². The van der Waals surface area contributed by atoms with Gasteiger partial charge in [-0.05, 0) is 76.7 Å². The highest BCUT2D eigenvalue weighted by atomic mass is 15.0. The van der Waals surface area contributed by atoms with Crippen LogP contribution in [0.25, 0.3) is 43.4 Å². The minimum Gasteiger partial charge on any atom is -0.338 e. The van der Waals surface area contributed by atoms with Gasteiger partial charge in [-0.15, -0.1) is 0 Å². The second kappa shape index (κ2) is 7.53. The van der Waals surface area contributed by atoms with Crippen molar-refractivity contribution in [3.05, 3.63) is 108 Å². The number of nitrogens with zero attached hydrogens (tertiary/aromatic N) is 1. The van der Waals surface area contributed by atoms with Crippen molar-refractivity contribution in [2.24, 2.45) is 0 Å². The summed E-state index contributed by atoms with van der Waals surface area (Å²) in [6.07, 6.45) is 2.05. The van der Waals surface area contributed by atoms with Gasteiger partial charge in [0.1, 0.15) is 0 Å². The van der Waals surface area contributed by atoms with Gasteiger partial charge in [-0.1, -0.05) is 79.7 Å². The van der Waals surface area contributed by atoms with Crippen molar-refractivity contribution in [1.29, 1.82) is 0 Å². The number of fused-ring (bicyclic) bond motifs is 5. The monoisotopic (exact) mass is 413 g/mol. The summed E-state index contributed by atoms with van der Waals surface area (Å²) in [4.78, 5) is 0. The molecule has 5 aromatic carbocycles. The number of hydrogen-bond donors (Lipinski definition) is 0. The molecular weight excluding hydrogens is 386 g/mol. The molecule has 0 aliphatic carbocycles. The summed E-state index contributed by atoms with van der Waals surface area (Å²) in [7, 11) is 0. The molecule has 156 valence electrons. The molecule has 6 aromatic rings. The van der Waals surface area contributed by atoms with E-state index in [2.05, 4.69) is 115 Å². The van der Waals surface area contributed by atoms with E-state index in [1.54, 1.807) is 0 Å². The maximum atomic E-state index is 2.52. The first kappa shape index (κ1) is 19.1. The average molecular weight is 414 g/mol. The molecule has 0 N–H and O–H groups in total. The quantitative estimate of drug-likeness (QED) is 0.255. The predicted molar refractivity (Wildman–Crippen MR) is 139 cm³/mol. The third kappa shape index (κ3) is 2.92. The van der Waals surface area contributed by atoms with Gasteiger partial charge in [-0.2, -0.15) is 0 Å². The minimum atomic E-state index is 0.477. The Bertz CT molecular complexity index is 1550. The normalized spacial score (nSPS) is 12.8. The summed E-state index contributed by atoms with van der Waals surface area (Å²) in [6, 6.07) is 36.3. The van der Waals surface area contributed by atoms with Crippen LogP contribution in [0.15, 0.2) is 97.1 Å². The van der Waals surface area contributed by atoms with Crippen LogP contribution in [0.1, 0.15) is 37.4 Å². The van der Waals surface area contributed by atoms with E-state index in [1.807, 2.05) is 0 Å². The highest BCUT2D eigenvalue weighted by Gasteiger charge is 2.15. The maximum Gasteiger partial charge on any atom is 0.0494 e. The van der Waals surface area contributed by atoms with Crippen LogP contribution in [0.5, 0.6) is 0 Å². The SMILES string of the molecule is CCC(C)n1c2ccccc2c2cc(Cc3c4ccccc4cc4ccccc34)ccc21. The number of aromatic nitrogens is 1. The van der Waals surface area contributed by atoms with Gasteiger partial charge in [0.15, 0.2) is 0 Å². The topological polar surface area (TPSA) is 4.93 Å². The second-order valence-corrected chi connectivity index (χ2v) is 8.97. The lowest BCUT2D eigenvalue weighted by atomic mass is 9.92. The molecule has 0 saturated heterocycles. The highest BCUT2D eigenvalue weighted by molar-refractivity contribution is 6.08. The zero-order valence-corrected chi connectivity index (χ0v) is 18.7. The molecule has 1 aromatic heterocycles. The fourth-order valence-electron chi connectivity index (χ4n) is 5.32. The van der Waals surface area contributed by atoms with Gasteiger partial charge >= 0.3 is 0 Å². The lowest BCUT2D eigenvalue weighted by molar-refractivity contribution is 0.563. The zero-order valence-electron chi connectivity index (χ0n) is 18.7. The molecule has 0 bridgehead atoms. The van der Waals surface area contributed by atoms with Crippen LogP contribution < -0.4 is 0 Å². The number of benzene rings is 5. The van der Waals surface area contributed by atoms with E-state index in [1.165, 1.54) is 54.5 Å². The Balaban J connectivity index is 1.57. The van der Waals surface area contributed by atoms with Crippen molar-refractivity contribution in [3.8, 4) is 0 Å². The van der Waals surface area contributed by atoms with Gasteiger partial charge in [-0.25, -0.2) is 0 Å². The second-order valence-electron chi connectivity index (χ2n) is 8.97. The van der Waals surface area contributed by atoms with Crippen LogP contribution >= 0.6 is 0 Å². The standard InChI is InChI=1S/C31H27N/c1-3-21(2)32-30-15-9-8-14-27(30)29-19-22(16-17-31(29)32)18-28-25-12-6-4-10-23(25)20-24-11-5-7-13-26(24)28/h4-17,19-21H,3,18H2,1-2H3. The van der Waals surface area contributed by atoms with Crippen molar-refractivity contribution in [3.63, 3.8) is 0 Å². The Labute approximate surface area is 188 Å². The van der Waals surface area contributed by atoms with Crippen molar-refractivity contribution in [2.45, 2.75) is 32.7 Å². The molecule has 1 nitrogen and oxygen atoms in total. The van der Waals surface area contributed by atoms with Crippen molar-refractivity contribution in [2.75, 3.05) is 0 Å². The van der Waals surface area contributed by atoms with E-state index < -0.39 is 0 Å². The van der Waals surface area contributed by atoms with E-state index in [4.69, 9.17) is 0 Å². The Kier molecular flexibility index (Phi) is 4.50. The van der Waals surface area contributed by atoms with Crippen LogP contribution in [-0.4, -0.2) is 4.57 Å². The molecule has 32 heavy (non-hydrogen) atoms. The van der Waals surface area contributed by atoms with E-state index in [0.717, 1.165) is 12.8 Å². The Morgan fingerprint density at radius 1 is 0.625 bits per heavy atom. The first-order valence-electron chi connectivity index (χ1n) is 11.7. The van der Waals surface area contributed by atoms with Crippen LogP contribution in [0, 0.1) is 0 Å². The van der Waals surface area contributed by atoms with Gasteiger partial charge in [0, 0.05) is 27.8 Å². The number of hydrogen-bond acceptors (Lipinski definition) is 0. The summed E-state index contributed by atoms with van der Waals surface area (Å²) in [5.41, 5.74) is 5.46. The molecule has 1 heteroatoms. The molecule has 0 amide bonds. The lowest BCUT2D eigenvalue weighted by Crippen LogP contribution is -2.03. The van der Waals surface area contributed by atoms with Crippen LogP contribution in [0.3, 0.4) is 0 Å². The first-order chi connectivity index (χ1) is 15.7. The van der Waals surface area contributed by atoms with Crippen LogP contribution in [0.4, 0.5) is 0 Å². The molecule has 0 saturated carbocycles. The maximum absolute atomic E-state index is 2.52. The van der Waals surface area contributed by atoms with Gasteiger partial charge in [-0.3, -0.25) is 0 Å². The molecule has 1 heterocycles. The summed E-state index contributed by atoms with van der Waals surface area (Å²) in [5.74, 6) is 0. The van der Waals surface area contributed by atoms with Crippen LogP contribution in [0.2, 0.25) is 0 Å². The summed E-state index contributed by atoms with van der Waals surface area (Å²) in [5, 5.41) is 8.06. The fourth-order valence-corrected chi connectivity index (χ4v) is 5.32. The minimum absolute atomic E-state index is 0.477. The largest absolute Gasteiger partial charge is 0.338 e. The zero-order chi connectivity index (χ0) is 21.7. The molecule has 0 fully saturated rings. The number of para-hydroxylation sites is 1. The highest BCUT2D eigenvalue weighted by Crippen LogP contribution is 2.35. The Morgan fingerprint density at radius 2 is 1.22 bits per heavy atom. The van der Waals surface area contributed by atoms with Gasteiger partial charge in [0.25, 0.3) is 0 Å².